The van der Waals surface area contributed by atoms with Crippen LogP contribution in [0.15, 0.2) is 255 Å². The Morgan fingerprint density at radius 3 is 1.28 bits per heavy atom. The van der Waals surface area contributed by atoms with Crippen molar-refractivity contribution in [2.75, 3.05) is 9.80 Å². The summed E-state index contributed by atoms with van der Waals surface area (Å²) >= 11 is 1.96. The second kappa shape index (κ2) is 21.6. The number of benzene rings is 12. The van der Waals surface area contributed by atoms with Crippen LogP contribution in [-0.4, -0.2) is 15.8 Å². The molecule has 12 aromatic carbocycles. The Morgan fingerprint density at radius 1 is 0.370 bits per heavy atom. The summed E-state index contributed by atoms with van der Waals surface area (Å²) in [4.78, 5) is 5.54. The maximum Gasteiger partial charge on any atom is 0.252 e. The predicted molar refractivity (Wildman–Crippen MR) is 398 cm³/mol. The zero-order chi connectivity index (χ0) is 62.1. The lowest BCUT2D eigenvalue weighted by molar-refractivity contribution is 0.590. The van der Waals surface area contributed by atoms with E-state index in [9.17, 15) is 0 Å². The number of nitrogens with zero attached hydrogens (tertiary/aromatic N) is 4. The zero-order valence-electron chi connectivity index (χ0n) is 53.6. The average Bonchev–Trinajstić information content (AvgIpc) is 0.818. The number of rotatable bonds is 11. The van der Waals surface area contributed by atoms with Crippen LogP contribution < -0.4 is 26.2 Å². The highest BCUT2D eigenvalue weighted by molar-refractivity contribution is 7.26. The molecule has 3 aromatic heterocycles. The zero-order valence-corrected chi connectivity index (χ0v) is 54.4. The fourth-order valence-electron chi connectivity index (χ4n) is 15.5. The molecule has 2 aliphatic heterocycles. The second-order valence-electron chi connectivity index (χ2n) is 27.8. The molecule has 0 bridgehead atoms. The summed E-state index contributed by atoms with van der Waals surface area (Å²) in [6, 6.07) is 97.6. The molecule has 6 heteroatoms. The topological polar surface area (TPSA) is 16.3 Å². The normalized spacial score (nSPS) is 13.1. The van der Waals surface area contributed by atoms with Crippen LogP contribution in [0.2, 0.25) is 0 Å². The van der Waals surface area contributed by atoms with Crippen molar-refractivity contribution in [1.82, 2.24) is 9.13 Å². The summed E-state index contributed by atoms with van der Waals surface area (Å²) in [6.07, 6.45) is 5.69. The maximum atomic E-state index is 2.79. The average molecular weight is 1210 g/mol. The maximum absolute atomic E-state index is 2.79. The first kappa shape index (κ1) is 56.1. The van der Waals surface area contributed by atoms with E-state index in [1.54, 1.807) is 0 Å². The highest BCUT2D eigenvalue weighted by Crippen LogP contribution is 2.55. The Balaban J connectivity index is 1.05. The molecule has 4 nitrogen and oxygen atoms in total. The van der Waals surface area contributed by atoms with Gasteiger partial charge in [0.2, 0.25) is 0 Å². The lowest BCUT2D eigenvalue weighted by Gasteiger charge is -2.46. The predicted octanol–water partition coefficient (Wildman–Crippen LogP) is 22.4. The van der Waals surface area contributed by atoms with E-state index in [0.29, 0.717) is 0 Å². The van der Waals surface area contributed by atoms with Crippen LogP contribution in [0.25, 0.3) is 97.4 Å². The third kappa shape index (κ3) is 8.85. The van der Waals surface area contributed by atoms with Crippen LogP contribution >= 0.6 is 11.3 Å². The van der Waals surface area contributed by atoms with Gasteiger partial charge in [-0.1, -0.05) is 244 Å². The molecule has 2 aliphatic rings. The first-order chi connectivity index (χ1) is 44.9. The first-order valence-corrected chi connectivity index (χ1v) is 34.0. The number of para-hydroxylation sites is 4. The van der Waals surface area contributed by atoms with E-state index < -0.39 is 0 Å². The van der Waals surface area contributed by atoms with Crippen LogP contribution in [0.1, 0.15) is 90.8 Å². The van der Waals surface area contributed by atoms with Crippen LogP contribution in [0.4, 0.5) is 34.1 Å². The number of aromatic nitrogens is 2. The van der Waals surface area contributed by atoms with Crippen molar-refractivity contribution < 1.29 is 0 Å². The third-order valence-electron chi connectivity index (χ3n) is 20.1. The van der Waals surface area contributed by atoms with E-state index in [-0.39, 0.29) is 17.5 Å². The summed E-state index contributed by atoms with van der Waals surface area (Å²) in [7, 11) is 0. The van der Waals surface area contributed by atoms with Gasteiger partial charge in [-0.3, -0.25) is 0 Å². The number of hydrogen-bond acceptors (Lipinski definition) is 3. The molecule has 0 fully saturated rings. The highest BCUT2D eigenvalue weighted by Gasteiger charge is 2.46. The van der Waals surface area contributed by atoms with E-state index in [4.69, 9.17) is 0 Å². The number of hydrogen-bond donors (Lipinski definition) is 0. The molecule has 15 aromatic rings. The second-order valence-corrected chi connectivity index (χ2v) is 28.8. The van der Waals surface area contributed by atoms with Gasteiger partial charge in [-0.05, 0) is 147 Å². The van der Waals surface area contributed by atoms with Crippen molar-refractivity contribution in [3.8, 4) is 33.6 Å². The van der Waals surface area contributed by atoms with E-state index >= 15 is 0 Å². The molecule has 0 saturated heterocycles. The van der Waals surface area contributed by atoms with Gasteiger partial charge < -0.3 is 18.9 Å². The SMILES string of the molecule is CCCCCCc1ccc2c(sc3ccccc32)c1N1c2cc(-n3c4ccccc4c4ccccc43)ccc2B2c3ccc(-n4c5ccccc5c5ccccc54)cc3N(c3c(-c4ccccc4)cc(C(C)(C)C)cc3-c3ccccc3)c3cc(C(C)(C)C)cc1c32. The van der Waals surface area contributed by atoms with Gasteiger partial charge in [0.05, 0.1) is 38.1 Å². The Hall–Kier alpha value is -9.88. The molecule has 5 heterocycles. The van der Waals surface area contributed by atoms with Gasteiger partial charge in [-0.15, -0.1) is 11.3 Å². The van der Waals surface area contributed by atoms with Gasteiger partial charge in [0.1, 0.15) is 0 Å². The lowest BCUT2D eigenvalue weighted by Crippen LogP contribution is -2.61. The van der Waals surface area contributed by atoms with Crippen LogP contribution in [0, 0.1) is 0 Å². The minimum absolute atomic E-state index is 0.157. The Kier molecular flexibility index (Phi) is 13.2. The van der Waals surface area contributed by atoms with Gasteiger partial charge in [-0.25, -0.2) is 0 Å². The molecule has 0 radical (unpaired) electrons. The van der Waals surface area contributed by atoms with E-state index in [0.717, 1.165) is 24.2 Å². The van der Waals surface area contributed by atoms with Crippen molar-refractivity contribution in [2.45, 2.75) is 91.4 Å². The van der Waals surface area contributed by atoms with Crippen molar-refractivity contribution in [2.24, 2.45) is 0 Å². The number of thiophene rings is 1. The van der Waals surface area contributed by atoms with Crippen LogP contribution in [0.3, 0.4) is 0 Å². The fourth-order valence-corrected chi connectivity index (χ4v) is 16.8. The summed E-state index contributed by atoms with van der Waals surface area (Å²) in [5, 5.41) is 7.63. The number of fused-ring (bicyclic) bond motifs is 13. The molecule has 17 rings (SSSR count). The number of unbranched alkanes of at least 4 members (excludes halogenated alkanes) is 3. The summed E-state index contributed by atoms with van der Waals surface area (Å²) in [6.45, 7) is 16.5. The molecular weight excluding hydrogens is 1130 g/mol. The molecule has 0 aliphatic carbocycles. The molecule has 0 amide bonds. The Labute approximate surface area is 544 Å². The van der Waals surface area contributed by atoms with Crippen molar-refractivity contribution >= 4 is 132 Å². The number of anilines is 6. The molecule has 0 N–H and O–H groups in total. The van der Waals surface area contributed by atoms with Gasteiger partial charge in [0.25, 0.3) is 6.71 Å². The van der Waals surface area contributed by atoms with Gasteiger partial charge in [0.15, 0.2) is 0 Å². The van der Waals surface area contributed by atoms with Gasteiger partial charge in [0, 0.05) is 82.3 Å². The first-order valence-electron chi connectivity index (χ1n) is 33.2. The monoisotopic (exact) mass is 1200 g/mol. The minimum atomic E-state index is -0.262. The van der Waals surface area contributed by atoms with Gasteiger partial charge >= 0.3 is 0 Å². The van der Waals surface area contributed by atoms with Crippen LogP contribution in [0.5, 0.6) is 0 Å². The smallest absolute Gasteiger partial charge is 0.252 e. The number of aryl methyl sites for hydroxylation is 1. The highest BCUT2D eigenvalue weighted by atomic mass is 32.1. The molecular formula is C86H73BN4S. The third-order valence-corrected chi connectivity index (χ3v) is 21.3. The molecule has 0 atom stereocenters. The molecule has 0 saturated carbocycles. The standard InChI is InChI=1S/C86H73BN4S/c1-8-9-10-13-32-57-43-46-67-66-37-22-27-42-80(66)92-84(67)82(57)90-76-53-60(88-72-38-23-18-33-62(72)63-34-19-24-39-73(63)88)44-47-70(76)87-71-48-45-61(89-74-40-25-20-35-64(74)65-36-21-26-41-75(65)89)54-77(71)91(79-52-59(86(5,6)7)51-78(90)81(79)87)83-68(55-28-14-11-15-29-55)49-58(85(2,3)4)50-69(83)56-30-16-12-17-31-56/h11-12,14-31,33-54H,8-10,13,32H2,1-7H3. The quantitative estimate of drug-likeness (QED) is 0.0948. The summed E-state index contributed by atoms with van der Waals surface area (Å²) in [5.41, 5.74) is 26.6. The molecule has 446 valence electrons. The van der Waals surface area contributed by atoms with Crippen molar-refractivity contribution in [3.05, 3.63) is 271 Å². The largest absolute Gasteiger partial charge is 0.310 e. The molecule has 92 heavy (non-hydrogen) atoms. The Bertz CT molecular complexity index is 5270. The van der Waals surface area contributed by atoms with Crippen molar-refractivity contribution in [3.63, 3.8) is 0 Å². The lowest BCUT2D eigenvalue weighted by atomic mass is 9.33. The summed E-state index contributed by atoms with van der Waals surface area (Å²) in [5.74, 6) is 0. The van der Waals surface area contributed by atoms with E-state index in [1.807, 2.05) is 11.3 Å². The van der Waals surface area contributed by atoms with E-state index in [2.05, 4.69) is 322 Å². The Morgan fingerprint density at radius 2 is 0.804 bits per heavy atom. The fraction of sp³-hybridized carbons (Fsp3) is 0.163. The molecule has 0 unspecified atom stereocenters. The van der Waals surface area contributed by atoms with Crippen molar-refractivity contribution in [1.29, 1.82) is 0 Å². The van der Waals surface area contributed by atoms with E-state index in [1.165, 1.54) is 173 Å². The summed E-state index contributed by atoms with van der Waals surface area (Å²) < 4.78 is 7.68. The molecule has 0 spiro atoms. The van der Waals surface area contributed by atoms with Crippen LogP contribution in [-0.2, 0) is 17.3 Å². The minimum Gasteiger partial charge on any atom is -0.310 e. The van der Waals surface area contributed by atoms with Gasteiger partial charge in [-0.2, -0.15) is 0 Å².